The number of piperidine rings is 1. The van der Waals surface area contributed by atoms with Gasteiger partial charge in [0, 0.05) is 25.6 Å². The van der Waals surface area contributed by atoms with Gasteiger partial charge in [-0.25, -0.2) is 4.39 Å². The van der Waals surface area contributed by atoms with E-state index in [9.17, 15) is 14.0 Å². The van der Waals surface area contributed by atoms with Crippen LogP contribution < -0.4 is 5.32 Å². The number of halogens is 2. The molecule has 1 aliphatic rings. The lowest BCUT2D eigenvalue weighted by atomic mass is 9.95. The molecule has 7 heteroatoms. The van der Waals surface area contributed by atoms with E-state index in [-0.39, 0.29) is 23.5 Å². The first kappa shape index (κ1) is 20.6. The Labute approximate surface area is 172 Å². The van der Waals surface area contributed by atoms with Crippen LogP contribution in [-0.4, -0.2) is 29.8 Å². The predicted octanol–water partition coefficient (Wildman–Crippen LogP) is 4.28. The van der Waals surface area contributed by atoms with E-state index in [1.807, 2.05) is 13.0 Å². The van der Waals surface area contributed by atoms with Crippen LogP contribution in [0.15, 0.2) is 27.1 Å². The van der Waals surface area contributed by atoms with Crippen molar-refractivity contribution >= 4 is 27.7 Å². The SMILES string of the molecule is Cc1ccc(CNC(=O)C2CCN(C(=O)c3c(C)oc(C)c3Br)CC2)cc1F. The van der Waals surface area contributed by atoms with Crippen LogP contribution in [0.25, 0.3) is 0 Å². The van der Waals surface area contributed by atoms with Crippen molar-refractivity contribution in [3.63, 3.8) is 0 Å². The second-order valence-corrected chi connectivity index (χ2v) is 8.06. The minimum absolute atomic E-state index is 0.0513. The highest BCUT2D eigenvalue weighted by Crippen LogP contribution is 2.30. The molecule has 1 fully saturated rings. The molecule has 150 valence electrons. The molecule has 0 saturated carbocycles. The summed E-state index contributed by atoms with van der Waals surface area (Å²) in [7, 11) is 0. The maximum Gasteiger partial charge on any atom is 0.258 e. The van der Waals surface area contributed by atoms with Crippen LogP contribution in [0, 0.1) is 32.5 Å². The van der Waals surface area contributed by atoms with Crippen molar-refractivity contribution < 1.29 is 18.4 Å². The highest BCUT2D eigenvalue weighted by Gasteiger charge is 2.30. The molecule has 2 heterocycles. The maximum atomic E-state index is 13.6. The zero-order chi connectivity index (χ0) is 20.4. The van der Waals surface area contributed by atoms with E-state index in [0.29, 0.717) is 59.6 Å². The summed E-state index contributed by atoms with van der Waals surface area (Å²) < 4.78 is 19.8. The maximum absolute atomic E-state index is 13.6. The summed E-state index contributed by atoms with van der Waals surface area (Å²) >= 11 is 3.42. The highest BCUT2D eigenvalue weighted by atomic mass is 79.9. The van der Waals surface area contributed by atoms with Gasteiger partial charge in [-0.1, -0.05) is 12.1 Å². The minimum atomic E-state index is -0.269. The molecule has 5 nitrogen and oxygen atoms in total. The molecule has 1 aromatic carbocycles. The largest absolute Gasteiger partial charge is 0.465 e. The van der Waals surface area contributed by atoms with Gasteiger partial charge in [-0.3, -0.25) is 9.59 Å². The first-order chi connectivity index (χ1) is 13.3. The Morgan fingerprint density at radius 1 is 1.21 bits per heavy atom. The lowest BCUT2D eigenvalue weighted by Gasteiger charge is -2.31. The number of aryl methyl sites for hydroxylation is 3. The Balaban J connectivity index is 1.53. The molecule has 0 aliphatic carbocycles. The van der Waals surface area contributed by atoms with Crippen LogP contribution in [-0.2, 0) is 11.3 Å². The van der Waals surface area contributed by atoms with E-state index in [0.717, 1.165) is 5.56 Å². The number of nitrogens with zero attached hydrogens (tertiary/aromatic N) is 1. The Morgan fingerprint density at radius 3 is 2.46 bits per heavy atom. The van der Waals surface area contributed by atoms with E-state index >= 15 is 0 Å². The van der Waals surface area contributed by atoms with Crippen molar-refractivity contribution in [2.45, 2.75) is 40.2 Å². The molecule has 1 saturated heterocycles. The van der Waals surface area contributed by atoms with Gasteiger partial charge in [0.25, 0.3) is 5.91 Å². The summed E-state index contributed by atoms with van der Waals surface area (Å²) in [5, 5.41) is 2.88. The fourth-order valence-electron chi connectivity index (χ4n) is 3.48. The van der Waals surface area contributed by atoms with Crippen molar-refractivity contribution in [2.24, 2.45) is 5.92 Å². The topological polar surface area (TPSA) is 62.6 Å². The van der Waals surface area contributed by atoms with Gasteiger partial charge < -0.3 is 14.6 Å². The van der Waals surface area contributed by atoms with E-state index in [1.165, 1.54) is 6.07 Å². The summed E-state index contributed by atoms with van der Waals surface area (Å²) in [6, 6.07) is 4.97. The monoisotopic (exact) mass is 450 g/mol. The smallest absolute Gasteiger partial charge is 0.258 e. The third-order valence-corrected chi connectivity index (χ3v) is 6.21. The summed E-state index contributed by atoms with van der Waals surface area (Å²) in [4.78, 5) is 27.0. The van der Waals surface area contributed by atoms with Crippen LogP contribution in [0.3, 0.4) is 0 Å². The highest BCUT2D eigenvalue weighted by molar-refractivity contribution is 9.10. The fourth-order valence-corrected chi connectivity index (χ4v) is 4.01. The Kier molecular flexibility index (Phi) is 6.23. The van der Waals surface area contributed by atoms with Gasteiger partial charge in [0.15, 0.2) is 0 Å². The summed E-state index contributed by atoms with van der Waals surface area (Å²) in [5.41, 5.74) is 1.88. The van der Waals surface area contributed by atoms with Crippen molar-refractivity contribution in [1.29, 1.82) is 0 Å². The zero-order valence-corrected chi connectivity index (χ0v) is 17.9. The molecule has 0 spiro atoms. The number of hydrogen-bond acceptors (Lipinski definition) is 3. The third kappa shape index (κ3) is 4.29. The van der Waals surface area contributed by atoms with Crippen LogP contribution >= 0.6 is 15.9 Å². The minimum Gasteiger partial charge on any atom is -0.465 e. The molecule has 2 aromatic rings. The van der Waals surface area contributed by atoms with Crippen LogP contribution in [0.4, 0.5) is 4.39 Å². The number of carbonyl (C=O) groups is 2. The lowest BCUT2D eigenvalue weighted by Crippen LogP contribution is -2.43. The number of likely N-dealkylation sites (tertiary alicyclic amines) is 1. The molecule has 0 atom stereocenters. The molecule has 0 bridgehead atoms. The van der Waals surface area contributed by atoms with E-state index in [4.69, 9.17) is 4.42 Å². The van der Waals surface area contributed by atoms with Gasteiger partial charge >= 0.3 is 0 Å². The number of nitrogens with one attached hydrogen (secondary N) is 1. The van der Waals surface area contributed by atoms with E-state index in [1.54, 1.807) is 24.8 Å². The van der Waals surface area contributed by atoms with Crippen LogP contribution in [0.5, 0.6) is 0 Å². The van der Waals surface area contributed by atoms with Gasteiger partial charge in [-0.2, -0.15) is 0 Å². The van der Waals surface area contributed by atoms with Crippen LogP contribution in [0.2, 0.25) is 0 Å². The normalized spacial score (nSPS) is 15.0. The van der Waals surface area contributed by atoms with Gasteiger partial charge in [0.05, 0.1) is 10.0 Å². The molecule has 1 aliphatic heterocycles. The second kappa shape index (κ2) is 8.47. The standard InChI is InChI=1S/C21H24BrFN2O3/c1-12-4-5-15(10-17(12)23)11-24-20(26)16-6-8-25(9-7-16)21(27)18-13(2)28-14(3)19(18)22/h4-5,10,16H,6-9,11H2,1-3H3,(H,24,26). The van der Waals surface area contributed by atoms with Crippen LogP contribution in [0.1, 0.15) is 45.8 Å². The molecule has 1 N–H and O–H groups in total. The molecular weight excluding hydrogens is 427 g/mol. The zero-order valence-electron chi connectivity index (χ0n) is 16.3. The second-order valence-electron chi connectivity index (χ2n) is 7.27. The summed E-state index contributed by atoms with van der Waals surface area (Å²) in [6.45, 7) is 6.63. The molecule has 28 heavy (non-hydrogen) atoms. The molecule has 0 radical (unpaired) electrons. The predicted molar refractivity (Wildman–Crippen MR) is 107 cm³/mol. The Hall–Kier alpha value is -2.15. The molecule has 1 aromatic heterocycles. The van der Waals surface area contributed by atoms with E-state index < -0.39 is 0 Å². The van der Waals surface area contributed by atoms with Gasteiger partial charge in [-0.15, -0.1) is 0 Å². The number of carbonyl (C=O) groups excluding carboxylic acids is 2. The van der Waals surface area contributed by atoms with Crippen molar-refractivity contribution in [1.82, 2.24) is 10.2 Å². The molecule has 2 amide bonds. The molecule has 3 rings (SSSR count). The first-order valence-corrected chi connectivity index (χ1v) is 10.1. The number of rotatable bonds is 4. The average molecular weight is 451 g/mol. The number of benzene rings is 1. The van der Waals surface area contributed by atoms with Crippen molar-refractivity contribution in [3.8, 4) is 0 Å². The quantitative estimate of drug-likeness (QED) is 0.755. The van der Waals surface area contributed by atoms with Gasteiger partial charge in [0.2, 0.25) is 5.91 Å². The number of furan rings is 1. The fraction of sp³-hybridized carbons (Fsp3) is 0.429. The van der Waals surface area contributed by atoms with Gasteiger partial charge in [-0.05, 0) is 66.7 Å². The number of amides is 2. The first-order valence-electron chi connectivity index (χ1n) is 9.35. The number of hydrogen-bond donors (Lipinski definition) is 1. The summed E-state index contributed by atoms with van der Waals surface area (Å²) in [5.74, 6) is 0.742. The van der Waals surface area contributed by atoms with Crippen molar-refractivity contribution in [3.05, 3.63) is 56.7 Å². The lowest BCUT2D eigenvalue weighted by molar-refractivity contribution is -0.126. The van der Waals surface area contributed by atoms with E-state index in [2.05, 4.69) is 21.2 Å². The molecular formula is C21H24BrFN2O3. The Morgan fingerprint density at radius 2 is 1.89 bits per heavy atom. The Bertz CT molecular complexity index is 901. The van der Waals surface area contributed by atoms with Gasteiger partial charge in [0.1, 0.15) is 17.3 Å². The third-order valence-electron chi connectivity index (χ3n) is 5.26. The molecule has 0 unspecified atom stereocenters. The summed E-state index contributed by atoms with van der Waals surface area (Å²) in [6.07, 6.45) is 1.21. The van der Waals surface area contributed by atoms with Crippen molar-refractivity contribution in [2.75, 3.05) is 13.1 Å². The average Bonchev–Trinajstić information content (AvgIpc) is 2.93.